The van der Waals surface area contributed by atoms with E-state index in [0.717, 1.165) is 44.7 Å². The third-order valence-corrected chi connectivity index (χ3v) is 5.73. The Hall–Kier alpha value is -4.32. The van der Waals surface area contributed by atoms with Crippen molar-refractivity contribution in [3.8, 4) is 11.5 Å². The molecule has 2 N–H and O–H groups in total. The molecule has 2 heterocycles. The van der Waals surface area contributed by atoms with Crippen molar-refractivity contribution in [3.63, 3.8) is 0 Å². The number of hydrogen-bond acceptors (Lipinski definition) is 6. The number of aromatic nitrogens is 2. The molecule has 2 atom stereocenters. The van der Waals surface area contributed by atoms with E-state index in [1.54, 1.807) is 26.6 Å². The first-order valence-electron chi connectivity index (χ1n) is 12.0. The molecule has 0 aliphatic carbocycles. The van der Waals surface area contributed by atoms with Gasteiger partial charge in [0.05, 0.1) is 36.6 Å². The van der Waals surface area contributed by atoms with Crippen molar-refractivity contribution in [1.82, 2.24) is 9.97 Å². The standard InChI is InChI=1S/C30H32N4O2/c1-21(33-27-19-25(35-3)17-23-13-9-15-31-29(23)27)11-7-5-6-8-12-22(2)34-28-20-26(36-4)18-24-14-10-16-32-30(24)28/h5-22,33-34H,1-4H3/b6-5+,11-7+,12-8+. The Morgan fingerprint density at radius 2 is 1.11 bits per heavy atom. The van der Waals surface area contributed by atoms with Crippen LogP contribution in [0, 0.1) is 0 Å². The van der Waals surface area contributed by atoms with Crippen LogP contribution in [0.25, 0.3) is 21.8 Å². The van der Waals surface area contributed by atoms with Gasteiger partial charge in [-0.25, -0.2) is 0 Å². The van der Waals surface area contributed by atoms with E-state index in [0.29, 0.717) is 0 Å². The van der Waals surface area contributed by atoms with Crippen LogP contribution in [-0.2, 0) is 0 Å². The largest absolute Gasteiger partial charge is 0.497 e. The maximum Gasteiger partial charge on any atom is 0.121 e. The van der Waals surface area contributed by atoms with Crippen LogP contribution in [-0.4, -0.2) is 36.3 Å². The molecule has 0 bridgehead atoms. The number of nitrogens with one attached hydrogen (secondary N) is 2. The van der Waals surface area contributed by atoms with E-state index >= 15 is 0 Å². The summed E-state index contributed by atoms with van der Waals surface area (Å²) in [6.07, 6.45) is 15.9. The smallest absolute Gasteiger partial charge is 0.121 e. The number of benzene rings is 2. The highest BCUT2D eigenvalue weighted by Crippen LogP contribution is 2.29. The van der Waals surface area contributed by atoms with Crippen molar-refractivity contribution in [1.29, 1.82) is 0 Å². The van der Waals surface area contributed by atoms with E-state index in [4.69, 9.17) is 9.47 Å². The number of anilines is 2. The molecule has 0 saturated carbocycles. The lowest BCUT2D eigenvalue weighted by molar-refractivity contribution is 0.415. The van der Waals surface area contributed by atoms with Gasteiger partial charge in [-0.15, -0.1) is 0 Å². The van der Waals surface area contributed by atoms with Crippen LogP contribution in [0.1, 0.15) is 13.8 Å². The lowest BCUT2D eigenvalue weighted by Gasteiger charge is -2.14. The number of fused-ring (bicyclic) bond motifs is 2. The Morgan fingerprint density at radius 1 is 0.667 bits per heavy atom. The number of nitrogens with zero attached hydrogens (tertiary/aromatic N) is 2. The summed E-state index contributed by atoms with van der Waals surface area (Å²) in [5.41, 5.74) is 3.76. The summed E-state index contributed by atoms with van der Waals surface area (Å²) in [4.78, 5) is 9.04. The molecule has 2 aromatic heterocycles. The Bertz CT molecular complexity index is 1300. The molecule has 0 spiro atoms. The zero-order valence-corrected chi connectivity index (χ0v) is 21.1. The van der Waals surface area contributed by atoms with Crippen LogP contribution < -0.4 is 20.1 Å². The number of hydrogen-bond donors (Lipinski definition) is 2. The van der Waals surface area contributed by atoms with Crippen molar-refractivity contribution >= 4 is 33.2 Å². The predicted octanol–water partition coefficient (Wildman–Crippen LogP) is 6.77. The zero-order valence-electron chi connectivity index (χ0n) is 21.1. The topological polar surface area (TPSA) is 68.3 Å². The van der Waals surface area contributed by atoms with Crippen molar-refractivity contribution < 1.29 is 9.47 Å². The van der Waals surface area contributed by atoms with Gasteiger partial charge in [0.2, 0.25) is 0 Å². The Kier molecular flexibility index (Phi) is 8.19. The highest BCUT2D eigenvalue weighted by Gasteiger charge is 2.08. The Labute approximate surface area is 212 Å². The minimum atomic E-state index is 0.116. The third-order valence-electron chi connectivity index (χ3n) is 5.73. The van der Waals surface area contributed by atoms with Gasteiger partial charge in [0.25, 0.3) is 0 Å². The Morgan fingerprint density at radius 3 is 1.53 bits per heavy atom. The highest BCUT2D eigenvalue weighted by atomic mass is 16.5. The summed E-state index contributed by atoms with van der Waals surface area (Å²) in [6.45, 7) is 4.21. The SMILES string of the molecule is COc1cc(NC(C)/C=C/C=C/C=C/C(C)Nc2cc(OC)cc3cccnc23)c2ncccc2c1. The molecule has 0 saturated heterocycles. The maximum absolute atomic E-state index is 5.44. The van der Waals surface area contributed by atoms with Gasteiger partial charge in [-0.2, -0.15) is 0 Å². The molecular formula is C30H32N4O2. The van der Waals surface area contributed by atoms with Gasteiger partial charge in [-0.1, -0.05) is 48.6 Å². The van der Waals surface area contributed by atoms with Crippen molar-refractivity contribution in [2.24, 2.45) is 0 Å². The molecule has 184 valence electrons. The van der Waals surface area contributed by atoms with Gasteiger partial charge in [-0.05, 0) is 38.1 Å². The average molecular weight is 481 g/mol. The molecule has 36 heavy (non-hydrogen) atoms. The molecule has 0 aliphatic rings. The fourth-order valence-corrected chi connectivity index (χ4v) is 3.96. The predicted molar refractivity (Wildman–Crippen MR) is 150 cm³/mol. The van der Waals surface area contributed by atoms with Gasteiger partial charge in [0.15, 0.2) is 0 Å². The number of pyridine rings is 2. The van der Waals surface area contributed by atoms with E-state index in [9.17, 15) is 0 Å². The molecule has 6 nitrogen and oxygen atoms in total. The molecular weight excluding hydrogens is 448 g/mol. The lowest BCUT2D eigenvalue weighted by atomic mass is 10.1. The van der Waals surface area contributed by atoms with Crippen LogP contribution in [0.5, 0.6) is 11.5 Å². The minimum Gasteiger partial charge on any atom is -0.497 e. The average Bonchev–Trinajstić information content (AvgIpc) is 2.90. The van der Waals surface area contributed by atoms with E-state index in [1.807, 2.05) is 72.8 Å². The first kappa shape index (κ1) is 24.8. The van der Waals surface area contributed by atoms with E-state index in [2.05, 4.69) is 46.6 Å². The van der Waals surface area contributed by atoms with Gasteiger partial charge in [0.1, 0.15) is 11.5 Å². The first-order valence-corrected chi connectivity index (χ1v) is 12.0. The normalized spacial score (nSPS) is 13.6. The summed E-state index contributed by atoms with van der Waals surface area (Å²) in [5.74, 6) is 1.61. The van der Waals surface area contributed by atoms with Crippen LogP contribution in [0.2, 0.25) is 0 Å². The molecule has 0 radical (unpaired) electrons. The fraction of sp³-hybridized carbons (Fsp3) is 0.200. The van der Waals surface area contributed by atoms with E-state index in [1.165, 1.54) is 0 Å². The van der Waals surface area contributed by atoms with Crippen molar-refractivity contribution in [2.45, 2.75) is 25.9 Å². The van der Waals surface area contributed by atoms with Gasteiger partial charge in [-0.3, -0.25) is 9.97 Å². The maximum atomic E-state index is 5.44. The quantitative estimate of drug-likeness (QED) is 0.244. The second kappa shape index (κ2) is 11.9. The van der Waals surface area contributed by atoms with E-state index < -0.39 is 0 Å². The monoisotopic (exact) mass is 480 g/mol. The highest BCUT2D eigenvalue weighted by molar-refractivity contribution is 5.92. The second-order valence-electron chi connectivity index (χ2n) is 8.52. The molecule has 2 unspecified atom stereocenters. The Balaban J connectivity index is 1.34. The van der Waals surface area contributed by atoms with Crippen LogP contribution >= 0.6 is 0 Å². The first-order chi connectivity index (χ1) is 17.6. The number of allylic oxidation sites excluding steroid dienone is 4. The summed E-state index contributed by atoms with van der Waals surface area (Å²) in [5, 5.41) is 9.11. The molecule has 0 aliphatic heterocycles. The molecule has 6 heteroatoms. The summed E-state index contributed by atoms with van der Waals surface area (Å²) < 4.78 is 10.9. The fourth-order valence-electron chi connectivity index (χ4n) is 3.96. The number of ether oxygens (including phenoxy) is 2. The number of rotatable bonds is 10. The van der Waals surface area contributed by atoms with Crippen LogP contribution in [0.4, 0.5) is 11.4 Å². The summed E-state index contributed by atoms with van der Waals surface area (Å²) in [7, 11) is 3.35. The summed E-state index contributed by atoms with van der Waals surface area (Å²) in [6, 6.07) is 16.1. The molecule has 2 aromatic carbocycles. The number of methoxy groups -OCH3 is 2. The van der Waals surface area contributed by atoms with Gasteiger partial charge < -0.3 is 20.1 Å². The van der Waals surface area contributed by atoms with Crippen molar-refractivity contribution in [3.05, 3.63) is 97.4 Å². The summed E-state index contributed by atoms with van der Waals surface area (Å²) >= 11 is 0. The molecule has 0 fully saturated rings. The van der Waals surface area contributed by atoms with Crippen LogP contribution in [0.3, 0.4) is 0 Å². The minimum absolute atomic E-state index is 0.116. The van der Waals surface area contributed by atoms with Gasteiger partial charge >= 0.3 is 0 Å². The third kappa shape index (κ3) is 6.21. The van der Waals surface area contributed by atoms with E-state index in [-0.39, 0.29) is 12.1 Å². The second-order valence-corrected chi connectivity index (χ2v) is 8.52. The molecule has 4 aromatic rings. The molecule has 0 amide bonds. The van der Waals surface area contributed by atoms with Gasteiger partial charge in [0, 0.05) is 47.4 Å². The van der Waals surface area contributed by atoms with Crippen LogP contribution in [0.15, 0.2) is 97.4 Å². The lowest BCUT2D eigenvalue weighted by Crippen LogP contribution is -2.12. The molecule has 4 rings (SSSR count). The van der Waals surface area contributed by atoms with Crippen molar-refractivity contribution in [2.75, 3.05) is 24.9 Å². The zero-order chi connectivity index (χ0) is 25.3.